The van der Waals surface area contributed by atoms with Gasteiger partial charge in [0.1, 0.15) is 5.75 Å². The number of hydrogen-bond acceptors (Lipinski definition) is 5. The van der Waals surface area contributed by atoms with E-state index in [0.29, 0.717) is 22.8 Å². The Morgan fingerprint density at radius 3 is 2.93 bits per heavy atom. The van der Waals surface area contributed by atoms with Crippen molar-refractivity contribution in [3.05, 3.63) is 30.2 Å². The first-order valence-electron chi connectivity index (χ1n) is 4.20. The van der Waals surface area contributed by atoms with E-state index in [1.54, 1.807) is 25.3 Å². The lowest BCUT2D eigenvalue weighted by atomic mass is 10.1. The molecule has 0 saturated carbocycles. The number of ether oxygens (including phenoxy) is 1. The van der Waals surface area contributed by atoms with Crippen LogP contribution in [-0.2, 0) is 0 Å². The fourth-order valence-corrected chi connectivity index (χ4v) is 1.24. The molecule has 0 aliphatic rings. The summed E-state index contributed by atoms with van der Waals surface area (Å²) in [5.41, 5.74) is 1.14. The Morgan fingerprint density at radius 2 is 2.33 bits per heavy atom. The summed E-state index contributed by atoms with van der Waals surface area (Å²) >= 11 is 0. The summed E-state index contributed by atoms with van der Waals surface area (Å²) < 4.78 is 10.2. The molecule has 0 atom stereocenters. The Labute approximate surface area is 85.9 Å². The molecule has 0 unspecified atom stereocenters. The average molecular weight is 201 g/mol. The van der Waals surface area contributed by atoms with Gasteiger partial charge in [0, 0.05) is 0 Å². The number of aromatic nitrogens is 2. The molecular formula is C10H7N3O2. The molecule has 0 aliphatic carbocycles. The topological polar surface area (TPSA) is 71.9 Å². The molecule has 0 amide bonds. The molecule has 5 heteroatoms. The number of hydrogen-bond donors (Lipinski definition) is 0. The lowest BCUT2D eigenvalue weighted by Gasteiger charge is -2.04. The Hall–Kier alpha value is -2.35. The van der Waals surface area contributed by atoms with Crippen molar-refractivity contribution < 1.29 is 9.15 Å². The molecule has 74 valence electrons. The van der Waals surface area contributed by atoms with Crippen LogP contribution in [0.3, 0.4) is 0 Å². The summed E-state index contributed by atoms with van der Waals surface area (Å²) in [4.78, 5) is 0. The molecule has 1 aromatic carbocycles. The molecule has 0 aliphatic heterocycles. The molecule has 5 nitrogen and oxygen atoms in total. The highest BCUT2D eigenvalue weighted by atomic mass is 16.5. The molecule has 0 saturated heterocycles. The van der Waals surface area contributed by atoms with E-state index in [1.807, 2.05) is 6.07 Å². The summed E-state index contributed by atoms with van der Waals surface area (Å²) in [6, 6.07) is 7.04. The molecule has 0 radical (unpaired) electrons. The molecule has 0 spiro atoms. The van der Waals surface area contributed by atoms with Crippen molar-refractivity contribution in [1.29, 1.82) is 5.26 Å². The summed E-state index contributed by atoms with van der Waals surface area (Å²) in [5.74, 6) is 0.933. The van der Waals surface area contributed by atoms with Crippen LogP contribution < -0.4 is 4.74 Å². The SMILES string of the molecule is COc1ccc(C#N)cc1-c1nnco1. The van der Waals surface area contributed by atoms with Crippen LogP contribution in [0.4, 0.5) is 0 Å². The molecule has 1 heterocycles. The summed E-state index contributed by atoms with van der Waals surface area (Å²) in [5, 5.41) is 16.1. The van der Waals surface area contributed by atoms with E-state index in [2.05, 4.69) is 10.2 Å². The Balaban J connectivity index is 2.58. The van der Waals surface area contributed by atoms with Gasteiger partial charge in [-0.1, -0.05) is 0 Å². The minimum Gasteiger partial charge on any atom is -0.496 e. The van der Waals surface area contributed by atoms with Crippen molar-refractivity contribution in [2.45, 2.75) is 0 Å². The van der Waals surface area contributed by atoms with Crippen molar-refractivity contribution in [1.82, 2.24) is 10.2 Å². The summed E-state index contributed by atoms with van der Waals surface area (Å²) in [7, 11) is 1.54. The molecular weight excluding hydrogens is 194 g/mol. The summed E-state index contributed by atoms with van der Waals surface area (Å²) in [6.45, 7) is 0. The maximum atomic E-state index is 8.77. The van der Waals surface area contributed by atoms with Gasteiger partial charge in [0.05, 0.1) is 24.3 Å². The molecule has 1 aromatic heterocycles. The van der Waals surface area contributed by atoms with Crippen LogP contribution in [0.15, 0.2) is 29.0 Å². The van der Waals surface area contributed by atoms with Crippen LogP contribution in [0, 0.1) is 11.3 Å². The highest BCUT2D eigenvalue weighted by molar-refractivity contribution is 5.64. The molecule has 0 fully saturated rings. The van der Waals surface area contributed by atoms with E-state index in [-0.39, 0.29) is 0 Å². The van der Waals surface area contributed by atoms with Crippen LogP contribution in [0.5, 0.6) is 5.75 Å². The standard InChI is InChI=1S/C10H7N3O2/c1-14-9-3-2-7(5-11)4-8(9)10-13-12-6-15-10/h2-4,6H,1H3. The van der Waals surface area contributed by atoms with Crippen LogP contribution in [-0.4, -0.2) is 17.3 Å². The zero-order chi connectivity index (χ0) is 10.7. The van der Waals surface area contributed by atoms with Crippen molar-refractivity contribution in [2.75, 3.05) is 7.11 Å². The zero-order valence-electron chi connectivity index (χ0n) is 7.97. The molecule has 15 heavy (non-hydrogen) atoms. The monoisotopic (exact) mass is 201 g/mol. The van der Waals surface area contributed by atoms with Crippen molar-refractivity contribution in [2.24, 2.45) is 0 Å². The predicted molar refractivity (Wildman–Crippen MR) is 51.0 cm³/mol. The van der Waals surface area contributed by atoms with Gasteiger partial charge in [-0.2, -0.15) is 5.26 Å². The van der Waals surface area contributed by atoms with Crippen molar-refractivity contribution in [3.8, 4) is 23.3 Å². The van der Waals surface area contributed by atoms with Gasteiger partial charge in [0.2, 0.25) is 6.39 Å². The number of nitriles is 1. The van der Waals surface area contributed by atoms with Gasteiger partial charge in [-0.3, -0.25) is 0 Å². The second kappa shape index (κ2) is 3.80. The van der Waals surface area contributed by atoms with Crippen LogP contribution in [0.2, 0.25) is 0 Å². The van der Waals surface area contributed by atoms with Crippen LogP contribution >= 0.6 is 0 Å². The fraction of sp³-hybridized carbons (Fsp3) is 0.100. The average Bonchev–Trinajstić information content (AvgIpc) is 2.81. The molecule has 2 aromatic rings. The van der Waals surface area contributed by atoms with E-state index in [1.165, 1.54) is 6.39 Å². The summed E-state index contributed by atoms with van der Waals surface area (Å²) in [6.07, 6.45) is 1.23. The first-order valence-corrected chi connectivity index (χ1v) is 4.20. The van der Waals surface area contributed by atoms with E-state index in [9.17, 15) is 0 Å². The Morgan fingerprint density at radius 1 is 1.47 bits per heavy atom. The van der Waals surface area contributed by atoms with Gasteiger partial charge < -0.3 is 9.15 Å². The number of nitrogens with zero attached hydrogens (tertiary/aromatic N) is 3. The normalized spacial score (nSPS) is 9.60. The van der Waals surface area contributed by atoms with E-state index in [0.717, 1.165) is 0 Å². The number of methoxy groups -OCH3 is 1. The largest absolute Gasteiger partial charge is 0.496 e. The van der Waals surface area contributed by atoms with Gasteiger partial charge in [0.25, 0.3) is 5.89 Å². The lowest BCUT2D eigenvalue weighted by Crippen LogP contribution is -1.89. The molecule has 2 rings (SSSR count). The van der Waals surface area contributed by atoms with Crippen molar-refractivity contribution in [3.63, 3.8) is 0 Å². The van der Waals surface area contributed by atoms with Crippen LogP contribution in [0.1, 0.15) is 5.56 Å². The van der Waals surface area contributed by atoms with Gasteiger partial charge >= 0.3 is 0 Å². The quantitative estimate of drug-likeness (QED) is 0.738. The highest BCUT2D eigenvalue weighted by Gasteiger charge is 2.11. The third-order valence-electron chi connectivity index (χ3n) is 1.92. The third-order valence-corrected chi connectivity index (χ3v) is 1.92. The first-order chi connectivity index (χ1) is 7.35. The molecule has 0 bridgehead atoms. The van der Waals surface area contributed by atoms with E-state index < -0.39 is 0 Å². The minimum atomic E-state index is 0.337. The first kappa shape index (κ1) is 9.21. The second-order valence-corrected chi connectivity index (χ2v) is 2.77. The zero-order valence-corrected chi connectivity index (χ0v) is 7.97. The van der Waals surface area contributed by atoms with Gasteiger partial charge in [-0.25, -0.2) is 0 Å². The lowest BCUT2D eigenvalue weighted by molar-refractivity contribution is 0.414. The highest BCUT2D eigenvalue weighted by Crippen LogP contribution is 2.28. The van der Waals surface area contributed by atoms with Gasteiger partial charge in [-0.15, -0.1) is 10.2 Å². The fourth-order valence-electron chi connectivity index (χ4n) is 1.24. The predicted octanol–water partition coefficient (Wildman–Crippen LogP) is 1.62. The van der Waals surface area contributed by atoms with E-state index >= 15 is 0 Å². The Bertz CT molecular complexity index is 500. The Kier molecular flexibility index (Phi) is 2.33. The third kappa shape index (κ3) is 1.65. The van der Waals surface area contributed by atoms with E-state index in [4.69, 9.17) is 14.4 Å². The maximum Gasteiger partial charge on any atom is 0.251 e. The van der Waals surface area contributed by atoms with Gasteiger partial charge in [0.15, 0.2) is 0 Å². The van der Waals surface area contributed by atoms with Gasteiger partial charge in [-0.05, 0) is 18.2 Å². The number of benzene rings is 1. The molecule has 0 N–H and O–H groups in total. The number of rotatable bonds is 2. The maximum absolute atomic E-state index is 8.77. The van der Waals surface area contributed by atoms with Crippen LogP contribution in [0.25, 0.3) is 11.5 Å². The second-order valence-electron chi connectivity index (χ2n) is 2.77. The van der Waals surface area contributed by atoms with Crippen molar-refractivity contribution >= 4 is 0 Å². The minimum absolute atomic E-state index is 0.337. The smallest absolute Gasteiger partial charge is 0.251 e.